The van der Waals surface area contributed by atoms with Gasteiger partial charge in [0.15, 0.2) is 0 Å². The Labute approximate surface area is 116 Å². The van der Waals surface area contributed by atoms with Crippen LogP contribution in [0.1, 0.15) is 6.92 Å². The minimum atomic E-state index is -0.480. The topological polar surface area (TPSA) is 49.4 Å². The molecular formula is C11H10Br2N2O2. The maximum atomic E-state index is 12.0. The molecule has 1 unspecified atom stereocenters. The number of piperazine rings is 1. The van der Waals surface area contributed by atoms with E-state index >= 15 is 0 Å². The van der Waals surface area contributed by atoms with Gasteiger partial charge in [-0.15, -0.1) is 0 Å². The van der Waals surface area contributed by atoms with Crippen molar-refractivity contribution < 1.29 is 9.59 Å². The molecule has 1 atom stereocenters. The SMILES string of the molecule is CC1NC(=O)CN(c2ccc(Br)cc2Br)C1=O. The van der Waals surface area contributed by atoms with Crippen molar-refractivity contribution >= 4 is 49.4 Å². The van der Waals surface area contributed by atoms with E-state index in [-0.39, 0.29) is 18.4 Å². The van der Waals surface area contributed by atoms with Crippen molar-refractivity contribution in [2.45, 2.75) is 13.0 Å². The van der Waals surface area contributed by atoms with Gasteiger partial charge in [0.25, 0.3) is 0 Å². The molecule has 1 heterocycles. The fourth-order valence-corrected chi connectivity index (χ4v) is 2.97. The summed E-state index contributed by atoms with van der Waals surface area (Å²) >= 11 is 6.74. The van der Waals surface area contributed by atoms with Crippen LogP contribution in [-0.4, -0.2) is 24.4 Å². The molecule has 1 fully saturated rings. The zero-order valence-electron chi connectivity index (χ0n) is 9.04. The van der Waals surface area contributed by atoms with Crippen LogP contribution in [0.15, 0.2) is 27.1 Å². The zero-order valence-corrected chi connectivity index (χ0v) is 12.2. The average Bonchev–Trinajstić information content (AvgIpc) is 2.24. The van der Waals surface area contributed by atoms with Gasteiger partial charge in [0, 0.05) is 8.95 Å². The lowest BCUT2D eigenvalue weighted by molar-refractivity contribution is -0.130. The third kappa shape index (κ3) is 2.52. The standard InChI is InChI=1S/C11H10Br2N2O2/c1-6-11(17)15(5-10(16)14-6)9-3-2-7(12)4-8(9)13/h2-4,6H,5H2,1H3,(H,14,16). The molecule has 17 heavy (non-hydrogen) atoms. The van der Waals surface area contributed by atoms with Crippen LogP contribution in [0.3, 0.4) is 0 Å². The molecule has 90 valence electrons. The van der Waals surface area contributed by atoms with Gasteiger partial charge in [-0.1, -0.05) is 15.9 Å². The van der Waals surface area contributed by atoms with E-state index in [4.69, 9.17) is 0 Å². The summed E-state index contributed by atoms with van der Waals surface area (Å²) in [7, 11) is 0. The van der Waals surface area contributed by atoms with Crippen molar-refractivity contribution in [1.29, 1.82) is 0 Å². The van der Waals surface area contributed by atoms with Crippen LogP contribution in [-0.2, 0) is 9.59 Å². The number of rotatable bonds is 1. The summed E-state index contributed by atoms with van der Waals surface area (Å²) in [4.78, 5) is 24.9. The zero-order chi connectivity index (χ0) is 12.6. The first-order valence-corrected chi connectivity index (χ1v) is 6.63. The molecular weight excluding hydrogens is 352 g/mol. The monoisotopic (exact) mass is 360 g/mol. The van der Waals surface area contributed by atoms with Crippen LogP contribution < -0.4 is 10.2 Å². The molecule has 0 radical (unpaired) electrons. The maximum Gasteiger partial charge on any atom is 0.249 e. The highest BCUT2D eigenvalue weighted by Gasteiger charge is 2.31. The number of carbonyl (C=O) groups is 2. The average molecular weight is 362 g/mol. The lowest BCUT2D eigenvalue weighted by Gasteiger charge is -2.31. The molecule has 0 spiro atoms. The van der Waals surface area contributed by atoms with Gasteiger partial charge in [-0.25, -0.2) is 0 Å². The molecule has 4 nitrogen and oxygen atoms in total. The molecule has 0 aromatic heterocycles. The summed E-state index contributed by atoms with van der Waals surface area (Å²) < 4.78 is 1.69. The predicted molar refractivity (Wildman–Crippen MR) is 71.8 cm³/mol. The van der Waals surface area contributed by atoms with E-state index < -0.39 is 6.04 Å². The first kappa shape index (κ1) is 12.6. The van der Waals surface area contributed by atoms with E-state index in [1.807, 2.05) is 12.1 Å². The van der Waals surface area contributed by atoms with Crippen molar-refractivity contribution in [3.05, 3.63) is 27.1 Å². The Morgan fingerprint density at radius 3 is 2.71 bits per heavy atom. The van der Waals surface area contributed by atoms with Crippen molar-refractivity contribution in [1.82, 2.24) is 5.32 Å². The number of anilines is 1. The second kappa shape index (κ2) is 4.78. The number of nitrogens with one attached hydrogen (secondary N) is 1. The minimum Gasteiger partial charge on any atom is -0.343 e. The molecule has 1 aliphatic heterocycles. The Bertz CT molecular complexity index is 490. The van der Waals surface area contributed by atoms with Crippen molar-refractivity contribution in [3.63, 3.8) is 0 Å². The number of carbonyl (C=O) groups excluding carboxylic acids is 2. The van der Waals surface area contributed by atoms with Gasteiger partial charge in [-0.05, 0) is 41.1 Å². The maximum absolute atomic E-state index is 12.0. The fraction of sp³-hybridized carbons (Fsp3) is 0.273. The van der Waals surface area contributed by atoms with E-state index in [0.29, 0.717) is 5.69 Å². The van der Waals surface area contributed by atoms with Crippen LogP contribution in [0.4, 0.5) is 5.69 Å². The Kier molecular flexibility index (Phi) is 3.53. The van der Waals surface area contributed by atoms with E-state index in [2.05, 4.69) is 37.2 Å². The molecule has 0 bridgehead atoms. The number of benzene rings is 1. The fourth-order valence-electron chi connectivity index (χ4n) is 1.71. The summed E-state index contributed by atoms with van der Waals surface area (Å²) in [6, 6.07) is 5.01. The lowest BCUT2D eigenvalue weighted by Crippen LogP contribution is -2.57. The molecule has 1 N–H and O–H groups in total. The molecule has 0 saturated carbocycles. The molecule has 0 aliphatic carbocycles. The Morgan fingerprint density at radius 2 is 2.06 bits per heavy atom. The summed E-state index contributed by atoms with van der Waals surface area (Å²) in [6.45, 7) is 1.74. The van der Waals surface area contributed by atoms with Gasteiger partial charge in [0.1, 0.15) is 12.6 Å². The molecule has 1 aromatic rings. The normalized spacial score (nSPS) is 20.4. The number of halogens is 2. The van der Waals surface area contributed by atoms with Crippen molar-refractivity contribution in [3.8, 4) is 0 Å². The minimum absolute atomic E-state index is 0.0589. The molecule has 1 aromatic carbocycles. The quantitative estimate of drug-likeness (QED) is 0.832. The predicted octanol–water partition coefficient (Wildman–Crippen LogP) is 2.06. The molecule has 2 rings (SSSR count). The van der Waals surface area contributed by atoms with Gasteiger partial charge < -0.3 is 10.2 Å². The van der Waals surface area contributed by atoms with Gasteiger partial charge >= 0.3 is 0 Å². The number of hydrogen-bond donors (Lipinski definition) is 1. The summed E-state index contributed by atoms with van der Waals surface area (Å²) in [5.74, 6) is -0.250. The summed E-state index contributed by atoms with van der Waals surface area (Å²) in [5.41, 5.74) is 0.708. The van der Waals surface area contributed by atoms with E-state index in [1.54, 1.807) is 13.0 Å². The highest BCUT2D eigenvalue weighted by Crippen LogP contribution is 2.30. The van der Waals surface area contributed by atoms with Crippen LogP contribution >= 0.6 is 31.9 Å². The molecule has 2 amide bonds. The lowest BCUT2D eigenvalue weighted by atomic mass is 10.2. The summed E-state index contributed by atoms with van der Waals surface area (Å²) in [6.07, 6.45) is 0. The third-order valence-corrected chi connectivity index (χ3v) is 3.64. The Balaban J connectivity index is 2.38. The second-order valence-corrected chi connectivity index (χ2v) is 5.58. The van der Waals surface area contributed by atoms with Gasteiger partial charge in [-0.3, -0.25) is 9.59 Å². The first-order chi connectivity index (χ1) is 7.99. The van der Waals surface area contributed by atoms with Crippen LogP contribution in [0.2, 0.25) is 0 Å². The molecule has 1 aliphatic rings. The highest BCUT2D eigenvalue weighted by molar-refractivity contribution is 9.11. The number of nitrogens with zero attached hydrogens (tertiary/aromatic N) is 1. The first-order valence-electron chi connectivity index (χ1n) is 5.05. The number of amides is 2. The van der Waals surface area contributed by atoms with Gasteiger partial charge in [0.05, 0.1) is 5.69 Å². The molecule has 1 saturated heterocycles. The molecule has 6 heteroatoms. The second-order valence-electron chi connectivity index (χ2n) is 3.81. The highest BCUT2D eigenvalue weighted by atomic mass is 79.9. The van der Waals surface area contributed by atoms with Crippen molar-refractivity contribution in [2.75, 3.05) is 11.4 Å². The van der Waals surface area contributed by atoms with Crippen LogP contribution in [0, 0.1) is 0 Å². The largest absolute Gasteiger partial charge is 0.343 e. The van der Waals surface area contributed by atoms with Gasteiger partial charge in [0.2, 0.25) is 11.8 Å². The summed E-state index contributed by atoms with van der Waals surface area (Å²) in [5, 5.41) is 2.60. The van der Waals surface area contributed by atoms with Crippen LogP contribution in [0.25, 0.3) is 0 Å². The van der Waals surface area contributed by atoms with E-state index in [1.165, 1.54) is 4.90 Å². The van der Waals surface area contributed by atoms with Gasteiger partial charge in [-0.2, -0.15) is 0 Å². The van der Waals surface area contributed by atoms with Crippen molar-refractivity contribution in [2.24, 2.45) is 0 Å². The Morgan fingerprint density at radius 1 is 1.35 bits per heavy atom. The third-order valence-electron chi connectivity index (χ3n) is 2.52. The number of hydrogen-bond acceptors (Lipinski definition) is 2. The van der Waals surface area contributed by atoms with E-state index in [9.17, 15) is 9.59 Å². The van der Waals surface area contributed by atoms with E-state index in [0.717, 1.165) is 8.95 Å². The Hall–Kier alpha value is -0.880. The smallest absolute Gasteiger partial charge is 0.249 e. The van der Waals surface area contributed by atoms with Crippen LogP contribution in [0.5, 0.6) is 0 Å².